The average Bonchev–Trinajstić information content (AvgIpc) is 2.95. The molecule has 0 aliphatic rings. The number of methoxy groups -OCH3 is 1. The lowest BCUT2D eigenvalue weighted by Gasteiger charge is -2.06. The molecule has 0 radical (unpaired) electrons. The van der Waals surface area contributed by atoms with Crippen LogP contribution >= 0.6 is 0 Å². The maximum absolute atomic E-state index is 13.8. The van der Waals surface area contributed by atoms with Gasteiger partial charge >= 0.3 is 0 Å². The molecule has 1 atom stereocenters. The molecular formula is C17H16FNO3S. The van der Waals surface area contributed by atoms with E-state index in [1.807, 2.05) is 24.3 Å². The molecule has 0 saturated heterocycles. The van der Waals surface area contributed by atoms with Crippen molar-refractivity contribution in [1.82, 2.24) is 0 Å². The zero-order valence-electron chi connectivity index (χ0n) is 12.8. The van der Waals surface area contributed by atoms with Crippen LogP contribution in [0.1, 0.15) is 5.76 Å². The highest BCUT2D eigenvalue weighted by Crippen LogP contribution is 2.28. The van der Waals surface area contributed by atoms with E-state index in [-0.39, 0.29) is 4.90 Å². The minimum atomic E-state index is -1.34. The van der Waals surface area contributed by atoms with E-state index in [2.05, 4.69) is 5.32 Å². The highest BCUT2D eigenvalue weighted by atomic mass is 32.2. The number of furan rings is 1. The number of fused-ring (bicyclic) bond motifs is 1. The minimum Gasteiger partial charge on any atom is -0.493 e. The third kappa shape index (κ3) is 3.22. The fourth-order valence-electron chi connectivity index (χ4n) is 2.37. The summed E-state index contributed by atoms with van der Waals surface area (Å²) in [4.78, 5) is 0.198. The minimum absolute atomic E-state index is 0.198. The maximum Gasteiger partial charge on any atom is 0.176 e. The molecule has 0 amide bonds. The number of ether oxygens (including phenoxy) is 1. The van der Waals surface area contributed by atoms with Gasteiger partial charge in [0.05, 0.1) is 29.3 Å². The molecule has 1 aromatic heterocycles. The van der Waals surface area contributed by atoms with E-state index >= 15 is 0 Å². The summed E-state index contributed by atoms with van der Waals surface area (Å²) in [6.07, 6.45) is 1.45. The molecule has 3 rings (SSSR count). The highest BCUT2D eigenvalue weighted by Gasteiger charge is 2.10. The Kier molecular flexibility index (Phi) is 4.34. The summed E-state index contributed by atoms with van der Waals surface area (Å²) in [6, 6.07) is 12.1. The van der Waals surface area contributed by atoms with E-state index in [1.54, 1.807) is 13.2 Å². The van der Waals surface area contributed by atoms with Gasteiger partial charge in [-0.3, -0.25) is 4.21 Å². The summed E-state index contributed by atoms with van der Waals surface area (Å²) in [5.74, 6) is 0.907. The van der Waals surface area contributed by atoms with Crippen LogP contribution in [0.3, 0.4) is 0 Å². The first kappa shape index (κ1) is 15.6. The summed E-state index contributed by atoms with van der Waals surface area (Å²) >= 11 is 0. The average molecular weight is 333 g/mol. The van der Waals surface area contributed by atoms with Crippen LogP contribution in [-0.4, -0.2) is 17.6 Å². The van der Waals surface area contributed by atoms with E-state index in [0.717, 1.165) is 5.39 Å². The number of anilines is 1. The fourth-order valence-corrected chi connectivity index (χ4v) is 2.96. The molecule has 1 heterocycles. The second-order valence-corrected chi connectivity index (χ2v) is 6.39. The molecule has 0 aliphatic carbocycles. The molecule has 23 heavy (non-hydrogen) atoms. The van der Waals surface area contributed by atoms with Crippen LogP contribution < -0.4 is 10.1 Å². The van der Waals surface area contributed by atoms with Crippen molar-refractivity contribution < 1.29 is 17.8 Å². The van der Waals surface area contributed by atoms with Gasteiger partial charge in [-0.2, -0.15) is 0 Å². The second-order valence-electron chi connectivity index (χ2n) is 5.04. The zero-order chi connectivity index (χ0) is 16.4. The predicted octanol–water partition coefficient (Wildman–Crippen LogP) is 3.93. The summed E-state index contributed by atoms with van der Waals surface area (Å²) < 4.78 is 36.2. The van der Waals surface area contributed by atoms with E-state index < -0.39 is 16.6 Å². The van der Waals surface area contributed by atoms with Crippen LogP contribution in [-0.2, 0) is 17.3 Å². The lowest BCUT2D eigenvalue weighted by Crippen LogP contribution is -2.00. The van der Waals surface area contributed by atoms with Gasteiger partial charge in [0, 0.05) is 17.3 Å². The van der Waals surface area contributed by atoms with Gasteiger partial charge in [-0.15, -0.1) is 0 Å². The summed E-state index contributed by atoms with van der Waals surface area (Å²) in [6.45, 7) is 0.409. The van der Waals surface area contributed by atoms with E-state index in [9.17, 15) is 8.60 Å². The van der Waals surface area contributed by atoms with Gasteiger partial charge in [-0.1, -0.05) is 12.1 Å². The second kappa shape index (κ2) is 6.42. The van der Waals surface area contributed by atoms with Crippen molar-refractivity contribution in [2.45, 2.75) is 11.4 Å². The molecule has 0 aliphatic heterocycles. The van der Waals surface area contributed by atoms with Gasteiger partial charge in [0.1, 0.15) is 11.6 Å². The van der Waals surface area contributed by atoms with Crippen molar-refractivity contribution in [1.29, 1.82) is 0 Å². The molecule has 3 aromatic rings. The van der Waals surface area contributed by atoms with Gasteiger partial charge in [0.15, 0.2) is 11.3 Å². The number of hydrogen-bond acceptors (Lipinski definition) is 4. The van der Waals surface area contributed by atoms with E-state index in [4.69, 9.17) is 9.15 Å². The monoisotopic (exact) mass is 333 g/mol. The van der Waals surface area contributed by atoms with Crippen molar-refractivity contribution in [2.75, 3.05) is 18.7 Å². The molecule has 1 unspecified atom stereocenters. The molecule has 4 nitrogen and oxygen atoms in total. The molecule has 0 saturated carbocycles. The first-order valence-electron chi connectivity index (χ1n) is 7.01. The van der Waals surface area contributed by atoms with E-state index in [1.165, 1.54) is 18.4 Å². The third-order valence-electron chi connectivity index (χ3n) is 3.49. The number of hydrogen-bond donors (Lipinski definition) is 1. The lowest BCUT2D eigenvalue weighted by molar-refractivity contribution is 0.408. The van der Waals surface area contributed by atoms with Crippen LogP contribution in [0.4, 0.5) is 10.1 Å². The zero-order valence-corrected chi connectivity index (χ0v) is 13.6. The Morgan fingerprint density at radius 3 is 2.78 bits per heavy atom. The molecule has 6 heteroatoms. The summed E-state index contributed by atoms with van der Waals surface area (Å²) in [5.41, 5.74) is 1.29. The number of benzene rings is 2. The lowest BCUT2D eigenvalue weighted by atomic mass is 10.2. The Hall–Kier alpha value is -2.34. The van der Waals surface area contributed by atoms with Gasteiger partial charge in [-0.05, 0) is 30.3 Å². The molecular weight excluding hydrogens is 317 g/mol. The smallest absolute Gasteiger partial charge is 0.176 e. The van der Waals surface area contributed by atoms with E-state index in [0.29, 0.717) is 29.3 Å². The molecule has 1 N–H and O–H groups in total. The standard InChI is InChI=1S/C17H16FNO3S/c1-21-15-5-3-4-11-8-13(22-17(11)15)10-19-12-6-7-16(23(2)20)14(18)9-12/h3-9,19H,10H2,1-2H3. The van der Waals surface area contributed by atoms with Crippen LogP contribution in [0, 0.1) is 5.82 Å². The van der Waals surface area contributed by atoms with Crippen LogP contribution in [0.2, 0.25) is 0 Å². The van der Waals surface area contributed by atoms with Crippen molar-refractivity contribution in [3.05, 3.63) is 54.0 Å². The first-order chi connectivity index (χ1) is 11.1. The highest BCUT2D eigenvalue weighted by molar-refractivity contribution is 7.84. The van der Waals surface area contributed by atoms with Crippen molar-refractivity contribution >= 4 is 27.5 Å². The quantitative estimate of drug-likeness (QED) is 0.769. The maximum atomic E-state index is 13.8. The van der Waals surface area contributed by atoms with Gasteiger partial charge in [0.2, 0.25) is 0 Å². The Bertz CT molecular complexity index is 875. The number of para-hydroxylation sites is 1. The number of rotatable bonds is 5. The third-order valence-corrected chi connectivity index (χ3v) is 4.44. The topological polar surface area (TPSA) is 51.5 Å². The fraction of sp³-hybridized carbons (Fsp3) is 0.176. The summed E-state index contributed by atoms with van der Waals surface area (Å²) in [7, 11) is 0.256. The van der Waals surface area contributed by atoms with Gasteiger partial charge in [-0.25, -0.2) is 4.39 Å². The Labute approximate surface area is 135 Å². The summed E-state index contributed by atoms with van der Waals surface area (Å²) in [5, 5.41) is 4.04. The first-order valence-corrected chi connectivity index (χ1v) is 8.56. The SMILES string of the molecule is COc1cccc2cc(CNc3ccc(S(C)=O)c(F)c3)oc12. The van der Waals surface area contributed by atoms with Crippen molar-refractivity contribution in [3.63, 3.8) is 0 Å². The van der Waals surface area contributed by atoms with Crippen LogP contribution in [0.5, 0.6) is 5.75 Å². The number of nitrogens with one attached hydrogen (secondary N) is 1. The van der Waals surface area contributed by atoms with Crippen molar-refractivity contribution in [2.24, 2.45) is 0 Å². The predicted molar refractivity (Wildman–Crippen MR) is 88.8 cm³/mol. The largest absolute Gasteiger partial charge is 0.493 e. The normalized spacial score (nSPS) is 12.3. The van der Waals surface area contributed by atoms with Crippen molar-refractivity contribution in [3.8, 4) is 5.75 Å². The molecule has 120 valence electrons. The Balaban J connectivity index is 1.78. The number of halogens is 1. The Morgan fingerprint density at radius 2 is 2.09 bits per heavy atom. The molecule has 0 fully saturated rings. The Morgan fingerprint density at radius 1 is 1.26 bits per heavy atom. The van der Waals surface area contributed by atoms with Gasteiger partial charge in [0.25, 0.3) is 0 Å². The molecule has 0 bridgehead atoms. The van der Waals surface area contributed by atoms with Gasteiger partial charge < -0.3 is 14.5 Å². The molecule has 0 spiro atoms. The molecule has 2 aromatic carbocycles. The van der Waals surface area contributed by atoms with Crippen LogP contribution in [0.15, 0.2) is 51.8 Å². The van der Waals surface area contributed by atoms with Crippen LogP contribution in [0.25, 0.3) is 11.0 Å².